The average Bonchev–Trinajstić information content (AvgIpc) is 2.72. The van der Waals surface area contributed by atoms with Crippen LogP contribution in [0.25, 0.3) is 0 Å². The molecule has 0 spiro atoms. The Bertz CT molecular complexity index is 934. The first-order chi connectivity index (χ1) is 14.2. The number of amides is 2. The monoisotopic (exact) mass is 438 g/mol. The number of carbonyl (C=O) groups is 2. The van der Waals surface area contributed by atoms with Gasteiger partial charge in [-0.05, 0) is 32.0 Å². The van der Waals surface area contributed by atoms with Crippen molar-refractivity contribution in [2.24, 2.45) is 0 Å². The van der Waals surface area contributed by atoms with Crippen molar-refractivity contribution >= 4 is 27.7 Å². The van der Waals surface area contributed by atoms with E-state index in [2.05, 4.69) is 5.32 Å². The Morgan fingerprint density at radius 1 is 1.07 bits per heavy atom. The number of fused-ring (bicyclic) bond motifs is 1. The highest BCUT2D eigenvalue weighted by molar-refractivity contribution is 7.86. The second kappa shape index (κ2) is 8.14. The largest absolute Gasteiger partial charge is 0.482 e. The van der Waals surface area contributed by atoms with E-state index in [-0.39, 0.29) is 43.7 Å². The van der Waals surface area contributed by atoms with E-state index >= 15 is 0 Å². The van der Waals surface area contributed by atoms with E-state index in [0.29, 0.717) is 43.2 Å². The lowest BCUT2D eigenvalue weighted by Crippen LogP contribution is -2.57. The summed E-state index contributed by atoms with van der Waals surface area (Å²) in [6, 6.07) is 4.90. The number of morpholine rings is 1. The molecule has 1 N–H and O–H groups in total. The topological polar surface area (TPSA) is 108 Å². The van der Waals surface area contributed by atoms with Gasteiger partial charge in [0, 0.05) is 44.8 Å². The zero-order chi connectivity index (χ0) is 21.5. The lowest BCUT2D eigenvalue weighted by Gasteiger charge is -2.40. The minimum Gasteiger partial charge on any atom is -0.482 e. The summed E-state index contributed by atoms with van der Waals surface area (Å²) in [6.45, 7) is 5.40. The first kappa shape index (κ1) is 21.0. The molecule has 3 heterocycles. The van der Waals surface area contributed by atoms with Crippen LogP contribution in [0, 0.1) is 0 Å². The van der Waals surface area contributed by atoms with Crippen molar-refractivity contribution < 1.29 is 27.5 Å². The number of nitrogens with zero attached hydrogens (tertiary/aromatic N) is 3. The Kier molecular flexibility index (Phi) is 5.71. The molecule has 1 aromatic rings. The van der Waals surface area contributed by atoms with Crippen LogP contribution in [0.3, 0.4) is 0 Å². The van der Waals surface area contributed by atoms with Gasteiger partial charge >= 0.3 is 0 Å². The van der Waals surface area contributed by atoms with Crippen molar-refractivity contribution in [3.63, 3.8) is 0 Å². The number of hydrogen-bond donors (Lipinski definition) is 1. The second-order valence-corrected chi connectivity index (χ2v) is 9.75. The van der Waals surface area contributed by atoms with Crippen molar-refractivity contribution in [3.8, 4) is 5.75 Å². The van der Waals surface area contributed by atoms with Gasteiger partial charge in [0.1, 0.15) is 5.75 Å². The number of hydrogen-bond acceptors (Lipinski definition) is 6. The molecule has 2 atom stereocenters. The summed E-state index contributed by atoms with van der Waals surface area (Å²) in [5.41, 5.74) is 0.889. The van der Waals surface area contributed by atoms with Crippen LogP contribution in [-0.2, 0) is 19.7 Å². The van der Waals surface area contributed by atoms with Crippen LogP contribution in [0.4, 0.5) is 5.69 Å². The van der Waals surface area contributed by atoms with Crippen LogP contribution < -0.4 is 10.1 Å². The molecular weight excluding hydrogens is 412 g/mol. The molecule has 3 aliphatic rings. The van der Waals surface area contributed by atoms with Gasteiger partial charge in [-0.2, -0.15) is 17.0 Å². The molecule has 1 aromatic carbocycles. The lowest BCUT2D eigenvalue weighted by atomic mass is 10.1. The summed E-state index contributed by atoms with van der Waals surface area (Å²) in [6.07, 6.45) is -0.306. The highest BCUT2D eigenvalue weighted by atomic mass is 32.2. The first-order valence-corrected chi connectivity index (χ1v) is 11.4. The Morgan fingerprint density at radius 3 is 2.40 bits per heavy atom. The van der Waals surface area contributed by atoms with Crippen LogP contribution in [0.15, 0.2) is 18.2 Å². The molecular formula is C19H26N4O6S. The molecule has 2 fully saturated rings. The SMILES string of the molecule is CC1CN(S(=O)(=O)N2CCN(C(=O)c3ccc4c(c3)NC(=O)CO4)CC2)CC(C)O1. The molecule has 2 saturated heterocycles. The third kappa shape index (κ3) is 4.15. The molecule has 0 aliphatic carbocycles. The van der Waals surface area contributed by atoms with Crippen LogP contribution in [0.2, 0.25) is 0 Å². The number of nitrogens with one attached hydrogen (secondary N) is 1. The Balaban J connectivity index is 1.40. The smallest absolute Gasteiger partial charge is 0.282 e. The zero-order valence-electron chi connectivity index (χ0n) is 17.0. The van der Waals surface area contributed by atoms with E-state index in [9.17, 15) is 18.0 Å². The van der Waals surface area contributed by atoms with E-state index in [1.165, 1.54) is 8.61 Å². The molecule has 4 rings (SSSR count). The van der Waals surface area contributed by atoms with E-state index in [1.54, 1.807) is 23.1 Å². The maximum absolute atomic E-state index is 13.0. The summed E-state index contributed by atoms with van der Waals surface area (Å²) in [5, 5.41) is 2.69. The molecule has 10 nitrogen and oxygen atoms in total. The summed E-state index contributed by atoms with van der Waals surface area (Å²) in [7, 11) is -3.60. The van der Waals surface area contributed by atoms with Crippen LogP contribution in [-0.4, -0.2) is 91.8 Å². The predicted molar refractivity (Wildman–Crippen MR) is 109 cm³/mol. The predicted octanol–water partition coefficient (Wildman–Crippen LogP) is 0.129. The van der Waals surface area contributed by atoms with Gasteiger partial charge in [0.05, 0.1) is 17.9 Å². The second-order valence-electron chi connectivity index (χ2n) is 7.82. The van der Waals surface area contributed by atoms with E-state index in [4.69, 9.17) is 9.47 Å². The maximum atomic E-state index is 13.0. The van der Waals surface area contributed by atoms with Crippen LogP contribution in [0.5, 0.6) is 5.75 Å². The highest BCUT2D eigenvalue weighted by Crippen LogP contribution is 2.29. The van der Waals surface area contributed by atoms with Gasteiger partial charge in [0.25, 0.3) is 22.0 Å². The van der Waals surface area contributed by atoms with Gasteiger partial charge < -0.3 is 19.7 Å². The third-order valence-corrected chi connectivity index (χ3v) is 7.39. The summed E-state index contributed by atoms with van der Waals surface area (Å²) in [4.78, 5) is 26.0. The van der Waals surface area contributed by atoms with Gasteiger partial charge in [-0.1, -0.05) is 0 Å². The Hall–Kier alpha value is -2.21. The fourth-order valence-corrected chi connectivity index (χ4v) is 5.75. The van der Waals surface area contributed by atoms with Gasteiger partial charge in [-0.15, -0.1) is 0 Å². The lowest BCUT2D eigenvalue weighted by molar-refractivity contribution is -0.118. The number of benzene rings is 1. The van der Waals surface area contributed by atoms with E-state index < -0.39 is 10.2 Å². The maximum Gasteiger partial charge on any atom is 0.282 e. The van der Waals surface area contributed by atoms with Crippen molar-refractivity contribution in [1.82, 2.24) is 13.5 Å². The standard InChI is InChI=1S/C19H26N4O6S/c1-13-10-23(11-14(2)29-13)30(26,27)22-7-5-21(6-8-22)19(25)15-3-4-17-16(9-15)20-18(24)12-28-17/h3-4,9,13-14H,5-8,10-12H2,1-2H3,(H,20,24). The number of ether oxygens (including phenoxy) is 2. The van der Waals surface area contributed by atoms with Crippen molar-refractivity contribution in [2.75, 3.05) is 51.2 Å². The molecule has 0 radical (unpaired) electrons. The van der Waals surface area contributed by atoms with Gasteiger partial charge in [-0.25, -0.2) is 0 Å². The molecule has 2 unspecified atom stereocenters. The molecule has 11 heteroatoms. The molecule has 0 saturated carbocycles. The number of rotatable bonds is 3. The quantitative estimate of drug-likeness (QED) is 0.719. The molecule has 2 amide bonds. The Labute approximate surface area is 175 Å². The molecule has 0 bridgehead atoms. The van der Waals surface area contributed by atoms with Crippen LogP contribution >= 0.6 is 0 Å². The van der Waals surface area contributed by atoms with Crippen molar-refractivity contribution in [2.45, 2.75) is 26.1 Å². The molecule has 0 aromatic heterocycles. The normalized spacial score (nSPS) is 25.9. The van der Waals surface area contributed by atoms with Gasteiger partial charge in [0.15, 0.2) is 6.61 Å². The zero-order valence-corrected chi connectivity index (χ0v) is 17.9. The summed E-state index contributed by atoms with van der Waals surface area (Å²) >= 11 is 0. The van der Waals surface area contributed by atoms with E-state index in [0.717, 1.165) is 0 Å². The summed E-state index contributed by atoms with van der Waals surface area (Å²) in [5.74, 6) is 0.0528. The van der Waals surface area contributed by atoms with Gasteiger partial charge in [0.2, 0.25) is 0 Å². The third-order valence-electron chi connectivity index (χ3n) is 5.42. The summed E-state index contributed by atoms with van der Waals surface area (Å²) < 4.78 is 39.9. The van der Waals surface area contributed by atoms with Crippen molar-refractivity contribution in [1.29, 1.82) is 0 Å². The number of piperazine rings is 1. The minimum absolute atomic E-state index is 0.0442. The number of anilines is 1. The van der Waals surface area contributed by atoms with Crippen LogP contribution in [0.1, 0.15) is 24.2 Å². The van der Waals surface area contributed by atoms with E-state index in [1.807, 2.05) is 13.8 Å². The minimum atomic E-state index is -3.60. The molecule has 30 heavy (non-hydrogen) atoms. The molecule has 164 valence electrons. The molecule has 3 aliphatic heterocycles. The van der Waals surface area contributed by atoms with Crippen molar-refractivity contribution in [3.05, 3.63) is 23.8 Å². The fraction of sp³-hybridized carbons (Fsp3) is 0.579. The highest BCUT2D eigenvalue weighted by Gasteiger charge is 2.37. The first-order valence-electron chi connectivity index (χ1n) is 10.0. The fourth-order valence-electron chi connectivity index (χ4n) is 4.00. The number of carbonyl (C=O) groups excluding carboxylic acids is 2. The Morgan fingerprint density at radius 2 is 1.73 bits per heavy atom. The van der Waals surface area contributed by atoms with Gasteiger partial charge in [-0.3, -0.25) is 9.59 Å². The average molecular weight is 439 g/mol.